The molecule has 0 saturated heterocycles. The lowest BCUT2D eigenvalue weighted by Gasteiger charge is -2.62. The van der Waals surface area contributed by atoms with Gasteiger partial charge in [-0.25, -0.2) is 0 Å². The smallest absolute Gasteiger partial charge is 0.00989 e. The van der Waals surface area contributed by atoms with Crippen LogP contribution in [-0.2, 0) is 0 Å². The molecule has 2 nitrogen and oxygen atoms in total. The van der Waals surface area contributed by atoms with E-state index in [9.17, 15) is 0 Å². The first-order valence-electron chi connectivity index (χ1n) is 10.1. The summed E-state index contributed by atoms with van der Waals surface area (Å²) in [4.78, 5) is 0. The van der Waals surface area contributed by atoms with Crippen molar-refractivity contribution in [3.05, 3.63) is 0 Å². The third-order valence-electron chi connectivity index (χ3n) is 7.42. The third-order valence-corrected chi connectivity index (χ3v) is 7.42. The number of rotatable bonds is 5. The summed E-state index contributed by atoms with van der Waals surface area (Å²) in [5.74, 6) is 2.80. The van der Waals surface area contributed by atoms with Crippen LogP contribution < -0.4 is 10.6 Å². The highest BCUT2D eigenvalue weighted by molar-refractivity contribution is 5.06. The molecule has 0 aromatic rings. The lowest BCUT2D eigenvalue weighted by atomic mass is 9.45. The Labute approximate surface area is 138 Å². The molecule has 2 heteroatoms. The zero-order valence-electron chi connectivity index (χ0n) is 15.2. The molecule has 4 saturated carbocycles. The van der Waals surface area contributed by atoms with Gasteiger partial charge in [-0.15, -0.1) is 0 Å². The van der Waals surface area contributed by atoms with Gasteiger partial charge >= 0.3 is 0 Å². The standard InChI is InChI=1S/C20H38N2/c1-15-18-13-16(20(18,2)3)14-19(15)22-12-11-21-17-9-7-5-4-6-8-10-17/h15-19,21-22H,4-14H2,1-3H3/t15-,16-,18+,19-/m1/s1. The molecule has 4 fully saturated rings. The first kappa shape index (κ1) is 16.8. The van der Waals surface area contributed by atoms with Gasteiger partial charge in [0.15, 0.2) is 0 Å². The van der Waals surface area contributed by atoms with E-state index in [1.807, 2.05) is 0 Å². The van der Waals surface area contributed by atoms with Crippen molar-refractivity contribution in [3.8, 4) is 0 Å². The number of fused-ring (bicyclic) bond motifs is 2. The molecule has 2 N–H and O–H groups in total. The van der Waals surface area contributed by atoms with E-state index >= 15 is 0 Å². The molecular formula is C20H38N2. The predicted octanol–water partition coefficient (Wildman–Crippen LogP) is 4.35. The summed E-state index contributed by atoms with van der Waals surface area (Å²) in [5.41, 5.74) is 0.620. The van der Waals surface area contributed by atoms with Gasteiger partial charge in [0.2, 0.25) is 0 Å². The van der Waals surface area contributed by atoms with Gasteiger partial charge in [0.1, 0.15) is 0 Å². The predicted molar refractivity (Wildman–Crippen MR) is 95.1 cm³/mol. The molecule has 0 amide bonds. The quantitative estimate of drug-likeness (QED) is 0.738. The molecule has 0 unspecified atom stereocenters. The summed E-state index contributed by atoms with van der Waals surface area (Å²) < 4.78 is 0. The molecule has 4 rings (SSSR count). The van der Waals surface area contributed by atoms with Crippen molar-refractivity contribution >= 4 is 0 Å². The van der Waals surface area contributed by atoms with Crippen LogP contribution in [-0.4, -0.2) is 25.2 Å². The van der Waals surface area contributed by atoms with E-state index in [0.717, 1.165) is 42.9 Å². The second-order valence-electron chi connectivity index (χ2n) is 9.01. The summed E-state index contributed by atoms with van der Waals surface area (Å²) in [6, 6.07) is 1.56. The fraction of sp³-hybridized carbons (Fsp3) is 1.00. The second kappa shape index (κ2) is 7.21. The molecule has 0 aliphatic heterocycles. The van der Waals surface area contributed by atoms with E-state index in [0.29, 0.717) is 5.41 Å². The highest BCUT2D eigenvalue weighted by Crippen LogP contribution is 2.61. The van der Waals surface area contributed by atoms with Gasteiger partial charge in [-0.3, -0.25) is 0 Å². The number of hydrogen-bond acceptors (Lipinski definition) is 2. The van der Waals surface area contributed by atoms with Crippen LogP contribution in [0.2, 0.25) is 0 Å². The van der Waals surface area contributed by atoms with E-state index in [2.05, 4.69) is 31.4 Å². The fourth-order valence-corrected chi connectivity index (χ4v) is 5.61. The minimum Gasteiger partial charge on any atom is -0.313 e. The second-order valence-corrected chi connectivity index (χ2v) is 9.01. The van der Waals surface area contributed by atoms with Gasteiger partial charge in [0.05, 0.1) is 0 Å². The minimum absolute atomic E-state index is 0.620. The van der Waals surface area contributed by atoms with Crippen molar-refractivity contribution in [2.75, 3.05) is 13.1 Å². The first-order valence-corrected chi connectivity index (χ1v) is 10.1. The van der Waals surface area contributed by atoms with Crippen LogP contribution in [0.1, 0.15) is 78.6 Å². The highest BCUT2D eigenvalue weighted by atomic mass is 15.0. The Balaban J connectivity index is 1.34. The largest absolute Gasteiger partial charge is 0.313 e. The van der Waals surface area contributed by atoms with Gasteiger partial charge < -0.3 is 10.6 Å². The normalized spacial score (nSPS) is 38.9. The highest BCUT2D eigenvalue weighted by Gasteiger charge is 2.55. The Bertz CT molecular complexity index is 344. The van der Waals surface area contributed by atoms with Crippen molar-refractivity contribution in [2.24, 2.45) is 23.2 Å². The van der Waals surface area contributed by atoms with Gasteiger partial charge in [0, 0.05) is 25.2 Å². The Morgan fingerprint density at radius 1 is 0.864 bits per heavy atom. The van der Waals surface area contributed by atoms with Crippen LogP contribution in [0, 0.1) is 23.2 Å². The summed E-state index contributed by atoms with van der Waals surface area (Å²) in [6.45, 7) is 9.79. The SMILES string of the molecule is C[C@H]1[C@H](NCCNC2CCCCCCC2)C[C@H]2C[C@@H]1C2(C)C. The van der Waals surface area contributed by atoms with Crippen molar-refractivity contribution in [3.63, 3.8) is 0 Å². The molecule has 0 aromatic carbocycles. The van der Waals surface area contributed by atoms with E-state index in [1.165, 1.54) is 57.8 Å². The molecule has 4 aliphatic rings. The molecular weight excluding hydrogens is 268 g/mol. The van der Waals surface area contributed by atoms with Crippen LogP contribution in [0.15, 0.2) is 0 Å². The molecule has 0 heterocycles. The molecule has 0 radical (unpaired) electrons. The summed E-state index contributed by atoms with van der Waals surface area (Å²) in [5, 5.41) is 7.69. The van der Waals surface area contributed by atoms with Crippen molar-refractivity contribution in [1.29, 1.82) is 0 Å². The van der Waals surface area contributed by atoms with Gasteiger partial charge in [0.25, 0.3) is 0 Å². The average Bonchev–Trinajstić information content (AvgIpc) is 2.46. The Kier molecular flexibility index (Phi) is 5.50. The van der Waals surface area contributed by atoms with Crippen LogP contribution in [0.25, 0.3) is 0 Å². The van der Waals surface area contributed by atoms with Crippen LogP contribution in [0.4, 0.5) is 0 Å². The van der Waals surface area contributed by atoms with Crippen LogP contribution in [0.3, 0.4) is 0 Å². The Hall–Kier alpha value is -0.0800. The molecule has 22 heavy (non-hydrogen) atoms. The fourth-order valence-electron chi connectivity index (χ4n) is 5.61. The Morgan fingerprint density at radius 2 is 1.50 bits per heavy atom. The molecule has 2 bridgehead atoms. The van der Waals surface area contributed by atoms with Crippen LogP contribution in [0.5, 0.6) is 0 Å². The van der Waals surface area contributed by atoms with E-state index in [1.54, 1.807) is 0 Å². The number of nitrogens with one attached hydrogen (secondary N) is 2. The monoisotopic (exact) mass is 306 g/mol. The maximum Gasteiger partial charge on any atom is 0.00989 e. The van der Waals surface area contributed by atoms with Crippen molar-refractivity contribution in [1.82, 2.24) is 10.6 Å². The summed E-state index contributed by atoms with van der Waals surface area (Å²) in [6.07, 6.45) is 12.9. The summed E-state index contributed by atoms with van der Waals surface area (Å²) >= 11 is 0. The maximum atomic E-state index is 3.88. The maximum absolute atomic E-state index is 3.88. The van der Waals surface area contributed by atoms with Gasteiger partial charge in [-0.1, -0.05) is 52.9 Å². The van der Waals surface area contributed by atoms with Crippen molar-refractivity contribution < 1.29 is 0 Å². The molecule has 4 atom stereocenters. The topological polar surface area (TPSA) is 24.1 Å². The van der Waals surface area contributed by atoms with Gasteiger partial charge in [-0.2, -0.15) is 0 Å². The lowest BCUT2D eigenvalue weighted by molar-refractivity contribution is -0.114. The molecule has 4 aliphatic carbocycles. The zero-order valence-corrected chi connectivity index (χ0v) is 15.2. The summed E-state index contributed by atoms with van der Waals surface area (Å²) in [7, 11) is 0. The van der Waals surface area contributed by atoms with Crippen LogP contribution >= 0.6 is 0 Å². The first-order chi connectivity index (χ1) is 10.6. The van der Waals surface area contributed by atoms with Gasteiger partial charge in [-0.05, 0) is 48.9 Å². The zero-order chi connectivity index (χ0) is 15.6. The molecule has 128 valence electrons. The third kappa shape index (κ3) is 3.53. The van der Waals surface area contributed by atoms with E-state index in [4.69, 9.17) is 0 Å². The lowest BCUT2D eigenvalue weighted by Crippen LogP contribution is -2.60. The van der Waals surface area contributed by atoms with E-state index < -0.39 is 0 Å². The molecule has 0 aromatic heterocycles. The molecule has 0 spiro atoms. The van der Waals surface area contributed by atoms with Crippen molar-refractivity contribution in [2.45, 2.75) is 90.6 Å². The Morgan fingerprint density at radius 3 is 2.14 bits per heavy atom. The van der Waals surface area contributed by atoms with E-state index in [-0.39, 0.29) is 0 Å². The number of hydrogen-bond donors (Lipinski definition) is 2. The average molecular weight is 307 g/mol. The minimum atomic E-state index is 0.620.